The van der Waals surface area contributed by atoms with E-state index in [1.54, 1.807) is 54.8 Å². The Kier molecular flexibility index (Phi) is 6.61. The highest BCUT2D eigenvalue weighted by atomic mass is 127. The number of hydrogen-bond acceptors (Lipinski definition) is 2. The number of nitrogens with two attached hydrogens (primary N) is 1. The first-order valence-corrected chi connectivity index (χ1v) is 7.54. The Morgan fingerprint density at radius 3 is 2.81 bits per heavy atom. The van der Waals surface area contributed by atoms with Crippen LogP contribution in [0.5, 0.6) is 0 Å². The molecule has 0 aromatic rings. The van der Waals surface area contributed by atoms with Crippen molar-refractivity contribution in [1.29, 1.82) is 5.41 Å². The summed E-state index contributed by atoms with van der Waals surface area (Å²) < 4.78 is 14.0. The second kappa shape index (κ2) is 7.75. The first kappa shape index (κ1) is 17.9. The second-order valence-corrected chi connectivity index (χ2v) is 5.98. The maximum absolute atomic E-state index is 13.7. The van der Waals surface area contributed by atoms with Gasteiger partial charge in [0.15, 0.2) is 0 Å². The molecule has 1 unspecified atom stereocenters. The summed E-state index contributed by atoms with van der Waals surface area (Å²) in [5.74, 6) is -0.327. The van der Waals surface area contributed by atoms with Gasteiger partial charge in [-0.25, -0.2) is 4.39 Å². The van der Waals surface area contributed by atoms with Crippen molar-refractivity contribution in [1.82, 2.24) is 4.90 Å². The highest BCUT2D eigenvalue weighted by Crippen LogP contribution is 2.24. The molecule has 0 aromatic carbocycles. The van der Waals surface area contributed by atoms with Gasteiger partial charge in [-0.3, -0.25) is 5.41 Å². The zero-order valence-electron chi connectivity index (χ0n) is 11.8. The lowest BCUT2D eigenvalue weighted by Gasteiger charge is -2.24. The Bertz CT molecular complexity index is 625. The van der Waals surface area contributed by atoms with E-state index in [1.165, 1.54) is 11.0 Å². The number of allylic oxidation sites excluding steroid dienone is 4. The van der Waals surface area contributed by atoms with Crippen LogP contribution >= 0.6 is 34.2 Å². The van der Waals surface area contributed by atoms with Crippen LogP contribution in [0.15, 0.2) is 62.3 Å². The van der Waals surface area contributed by atoms with Gasteiger partial charge < -0.3 is 10.6 Å². The molecule has 1 rings (SSSR count). The summed E-state index contributed by atoms with van der Waals surface area (Å²) in [5, 5.41) is 8.53. The normalized spacial score (nSPS) is 19.0. The topological polar surface area (TPSA) is 53.1 Å². The van der Waals surface area contributed by atoms with Crippen molar-refractivity contribution >= 4 is 40.0 Å². The first-order chi connectivity index (χ1) is 9.77. The van der Waals surface area contributed by atoms with E-state index in [2.05, 4.69) is 12.3 Å². The zero-order valence-corrected chi connectivity index (χ0v) is 14.7. The third kappa shape index (κ3) is 4.68. The van der Waals surface area contributed by atoms with Crippen LogP contribution in [0.3, 0.4) is 0 Å². The van der Waals surface area contributed by atoms with Crippen LogP contribution in [0.1, 0.15) is 6.92 Å². The van der Waals surface area contributed by atoms with Crippen molar-refractivity contribution in [3.8, 4) is 0 Å². The largest absolute Gasteiger partial charge is 0.330 e. The first-order valence-electron chi connectivity index (χ1n) is 6.09. The van der Waals surface area contributed by atoms with E-state index in [0.29, 0.717) is 19.9 Å². The SMILES string of the molecule is C=C(I)/C(F)=C\C(=C/C)N(C)C(=N)C1=CC(N)C=C=C1Cl. The Labute approximate surface area is 142 Å². The molecule has 0 aliphatic heterocycles. The maximum Gasteiger partial charge on any atom is 0.137 e. The third-order valence-corrected chi connectivity index (χ3v) is 3.63. The number of likely N-dealkylation sites (N-methyl/N-ethyl adjacent to an activating group) is 1. The van der Waals surface area contributed by atoms with Crippen LogP contribution in [0.25, 0.3) is 0 Å². The quantitative estimate of drug-likeness (QED) is 0.236. The molecule has 0 heterocycles. The Morgan fingerprint density at radius 2 is 2.29 bits per heavy atom. The minimum Gasteiger partial charge on any atom is -0.330 e. The summed E-state index contributed by atoms with van der Waals surface area (Å²) in [5.41, 5.74) is 9.56. The van der Waals surface area contributed by atoms with Crippen LogP contribution in [0.4, 0.5) is 4.39 Å². The van der Waals surface area contributed by atoms with Gasteiger partial charge in [0, 0.05) is 27.9 Å². The summed E-state index contributed by atoms with van der Waals surface area (Å²) in [6, 6.07) is -0.341. The van der Waals surface area contributed by atoms with Gasteiger partial charge in [0.1, 0.15) is 11.7 Å². The summed E-state index contributed by atoms with van der Waals surface area (Å²) >= 11 is 7.85. The van der Waals surface area contributed by atoms with Crippen LogP contribution in [0, 0.1) is 5.41 Å². The number of nitrogens with zero attached hydrogens (tertiary/aromatic N) is 1. The fourth-order valence-electron chi connectivity index (χ4n) is 1.64. The summed E-state index contributed by atoms with van der Waals surface area (Å²) in [6.45, 7) is 5.30. The van der Waals surface area contributed by atoms with E-state index >= 15 is 0 Å². The molecule has 1 atom stereocenters. The van der Waals surface area contributed by atoms with Crippen molar-refractivity contribution in [2.75, 3.05) is 7.05 Å². The molecule has 6 heteroatoms. The van der Waals surface area contributed by atoms with Crippen LogP contribution < -0.4 is 5.73 Å². The average Bonchev–Trinajstić information content (AvgIpc) is 2.45. The molecule has 3 nitrogen and oxygen atoms in total. The van der Waals surface area contributed by atoms with Crippen LogP contribution in [0.2, 0.25) is 0 Å². The molecule has 0 amide bonds. The maximum atomic E-state index is 13.7. The van der Waals surface area contributed by atoms with Gasteiger partial charge in [-0.15, -0.1) is 5.73 Å². The molecule has 0 saturated heterocycles. The third-order valence-electron chi connectivity index (χ3n) is 2.81. The van der Waals surface area contributed by atoms with Crippen molar-refractivity contribution in [2.45, 2.75) is 13.0 Å². The zero-order chi connectivity index (χ0) is 16.2. The highest BCUT2D eigenvalue weighted by Gasteiger charge is 2.18. The number of halogens is 3. The van der Waals surface area contributed by atoms with Gasteiger partial charge in [0.25, 0.3) is 0 Å². The van der Waals surface area contributed by atoms with E-state index in [-0.39, 0.29) is 11.9 Å². The lowest BCUT2D eigenvalue weighted by Crippen LogP contribution is -2.29. The molecule has 0 bridgehead atoms. The number of amidine groups is 1. The van der Waals surface area contributed by atoms with E-state index in [9.17, 15) is 4.39 Å². The van der Waals surface area contributed by atoms with Crippen molar-refractivity contribution < 1.29 is 4.39 Å². The predicted octanol–water partition coefficient (Wildman–Crippen LogP) is 4.15. The molecule has 3 N–H and O–H groups in total. The fourth-order valence-corrected chi connectivity index (χ4v) is 2.01. The smallest absolute Gasteiger partial charge is 0.137 e. The van der Waals surface area contributed by atoms with Gasteiger partial charge in [0.05, 0.1) is 5.03 Å². The summed E-state index contributed by atoms with van der Waals surface area (Å²) in [7, 11) is 1.66. The van der Waals surface area contributed by atoms with Crippen molar-refractivity contribution in [2.24, 2.45) is 5.73 Å². The predicted molar refractivity (Wildman–Crippen MR) is 95.1 cm³/mol. The fraction of sp³-hybridized carbons (Fsp3) is 0.200. The molecular weight excluding hydrogens is 404 g/mol. The monoisotopic (exact) mass is 419 g/mol. The van der Waals surface area contributed by atoms with Gasteiger partial charge in [-0.1, -0.05) is 30.3 Å². The minimum absolute atomic E-state index is 0.118. The van der Waals surface area contributed by atoms with Crippen molar-refractivity contribution in [3.05, 3.63) is 62.3 Å². The lowest BCUT2D eigenvalue weighted by molar-refractivity contribution is 0.619. The molecule has 0 spiro atoms. The average molecular weight is 420 g/mol. The van der Waals surface area contributed by atoms with Gasteiger partial charge in [-0.2, -0.15) is 0 Å². The van der Waals surface area contributed by atoms with E-state index in [1.807, 2.05) is 0 Å². The molecule has 1 aliphatic carbocycles. The van der Waals surface area contributed by atoms with Gasteiger partial charge in [0.2, 0.25) is 0 Å². The molecule has 1 aliphatic rings. The Morgan fingerprint density at radius 1 is 1.67 bits per heavy atom. The molecule has 112 valence electrons. The second-order valence-electron chi connectivity index (χ2n) is 4.30. The van der Waals surface area contributed by atoms with Gasteiger partial charge >= 0.3 is 0 Å². The van der Waals surface area contributed by atoms with E-state index in [0.717, 1.165) is 0 Å². The highest BCUT2D eigenvalue weighted by molar-refractivity contribution is 14.1. The van der Waals surface area contributed by atoms with E-state index < -0.39 is 5.83 Å². The van der Waals surface area contributed by atoms with Crippen LogP contribution in [-0.4, -0.2) is 23.8 Å². The summed E-state index contributed by atoms with van der Waals surface area (Å²) in [6.07, 6.45) is 6.31. The lowest BCUT2D eigenvalue weighted by atomic mass is 10.1. The number of rotatable bonds is 4. The Balaban J connectivity index is 3.08. The molecular formula is C15H16ClFIN3. The standard InChI is InChI=1S/C15H16ClFIN3/c1-4-11(8-14(17)9(2)18)21(3)15(20)12-7-10(19)5-6-13(12)16/h4-5,7-8,10,20H,2,19H2,1,3H3/b11-4+,14-8+,20-15?. The molecule has 21 heavy (non-hydrogen) atoms. The summed E-state index contributed by atoms with van der Waals surface area (Å²) in [4.78, 5) is 1.52. The number of nitrogens with one attached hydrogen (secondary N) is 1. The molecule has 0 aromatic heterocycles. The Hall–Kier alpha value is -1.14. The number of hydrogen-bond donors (Lipinski definition) is 2. The molecule has 0 fully saturated rings. The molecule has 0 radical (unpaired) electrons. The van der Waals surface area contributed by atoms with Crippen molar-refractivity contribution in [3.63, 3.8) is 0 Å². The van der Waals surface area contributed by atoms with Gasteiger partial charge in [-0.05, 0) is 41.7 Å². The van der Waals surface area contributed by atoms with E-state index in [4.69, 9.17) is 22.7 Å². The molecule has 0 saturated carbocycles. The minimum atomic E-state index is -0.445. The van der Waals surface area contributed by atoms with Crippen LogP contribution in [-0.2, 0) is 0 Å².